The molecule has 0 fully saturated rings. The predicted molar refractivity (Wildman–Crippen MR) is 72.0 cm³/mol. The highest BCUT2D eigenvalue weighted by atomic mass is 16.5. The second-order valence-corrected chi connectivity index (χ2v) is 5.37. The molecule has 0 aliphatic rings. The first-order valence-corrected chi connectivity index (χ1v) is 6.16. The zero-order chi connectivity index (χ0) is 13.2. The van der Waals surface area contributed by atoms with Gasteiger partial charge < -0.3 is 14.5 Å². The summed E-state index contributed by atoms with van der Waals surface area (Å²) in [4.78, 5) is 4.45. The molecule has 4 nitrogen and oxygen atoms in total. The van der Waals surface area contributed by atoms with Crippen molar-refractivity contribution in [3.63, 3.8) is 0 Å². The third-order valence-electron chi connectivity index (χ3n) is 2.63. The van der Waals surface area contributed by atoms with Crippen LogP contribution in [0.25, 0.3) is 11.1 Å². The molecule has 1 aromatic carbocycles. The number of hydrogen-bond donors (Lipinski definition) is 1. The van der Waals surface area contributed by atoms with Crippen LogP contribution in [0.2, 0.25) is 0 Å². The molecule has 0 radical (unpaired) electrons. The van der Waals surface area contributed by atoms with Crippen molar-refractivity contribution >= 4 is 11.1 Å². The topological polar surface area (TPSA) is 47.3 Å². The first kappa shape index (κ1) is 12.9. The molecule has 0 saturated heterocycles. The lowest BCUT2D eigenvalue weighted by molar-refractivity contribution is 0.411. The van der Waals surface area contributed by atoms with E-state index in [1.807, 2.05) is 18.2 Å². The molecular weight excluding hydrogens is 228 g/mol. The molecule has 0 saturated carbocycles. The number of nitrogens with one attached hydrogen (secondary N) is 1. The molecule has 1 aromatic heterocycles. The molecule has 0 aliphatic carbocycles. The van der Waals surface area contributed by atoms with Crippen LogP contribution in [0.1, 0.15) is 26.7 Å². The number of rotatable bonds is 4. The summed E-state index contributed by atoms with van der Waals surface area (Å²) in [5.74, 6) is 1.55. The van der Waals surface area contributed by atoms with Gasteiger partial charge in [-0.2, -0.15) is 0 Å². The van der Waals surface area contributed by atoms with Gasteiger partial charge in [-0.05, 0) is 32.9 Å². The number of fused-ring (bicyclic) bond motifs is 1. The lowest BCUT2D eigenvalue weighted by Gasteiger charge is -2.19. The summed E-state index contributed by atoms with van der Waals surface area (Å²) in [5.41, 5.74) is 1.77. The summed E-state index contributed by atoms with van der Waals surface area (Å²) in [6, 6.07) is 5.67. The normalized spacial score (nSPS) is 12.0. The first-order chi connectivity index (χ1) is 8.48. The Morgan fingerprint density at radius 3 is 2.78 bits per heavy atom. The molecule has 4 heteroatoms. The van der Waals surface area contributed by atoms with E-state index >= 15 is 0 Å². The number of nitrogens with zero attached hydrogens (tertiary/aromatic N) is 1. The smallest absolute Gasteiger partial charge is 0.196 e. The molecule has 1 N–H and O–H groups in total. The fourth-order valence-corrected chi connectivity index (χ4v) is 1.73. The van der Waals surface area contributed by atoms with Crippen molar-refractivity contribution in [2.75, 3.05) is 13.7 Å². The van der Waals surface area contributed by atoms with Crippen LogP contribution < -0.4 is 10.1 Å². The van der Waals surface area contributed by atoms with Gasteiger partial charge >= 0.3 is 0 Å². The van der Waals surface area contributed by atoms with Gasteiger partial charge in [-0.15, -0.1) is 0 Å². The maximum Gasteiger partial charge on any atom is 0.196 e. The van der Waals surface area contributed by atoms with E-state index in [4.69, 9.17) is 9.15 Å². The van der Waals surface area contributed by atoms with Crippen molar-refractivity contribution in [1.29, 1.82) is 0 Å². The van der Waals surface area contributed by atoms with E-state index in [2.05, 4.69) is 31.1 Å². The Labute approximate surface area is 107 Å². The molecule has 1 heterocycles. The lowest BCUT2D eigenvalue weighted by atomic mass is 10.1. The van der Waals surface area contributed by atoms with E-state index in [1.165, 1.54) is 0 Å². The quantitative estimate of drug-likeness (QED) is 0.903. The summed E-state index contributed by atoms with van der Waals surface area (Å²) in [5, 5.41) is 3.41. The molecule has 0 spiro atoms. The van der Waals surface area contributed by atoms with Crippen LogP contribution in [0, 0.1) is 0 Å². The SMILES string of the molecule is COc1ccc2nc(CCNC(C)(C)C)oc2c1. The number of hydrogen-bond acceptors (Lipinski definition) is 4. The van der Waals surface area contributed by atoms with Crippen LogP contribution >= 0.6 is 0 Å². The van der Waals surface area contributed by atoms with Crippen LogP contribution in [0.4, 0.5) is 0 Å². The Morgan fingerprint density at radius 1 is 1.33 bits per heavy atom. The number of ether oxygens (including phenoxy) is 1. The third-order valence-corrected chi connectivity index (χ3v) is 2.63. The van der Waals surface area contributed by atoms with Gasteiger partial charge in [0, 0.05) is 24.6 Å². The molecule has 0 atom stereocenters. The molecule has 0 bridgehead atoms. The maximum absolute atomic E-state index is 5.69. The Morgan fingerprint density at radius 2 is 2.11 bits per heavy atom. The van der Waals surface area contributed by atoms with Gasteiger partial charge in [0.1, 0.15) is 11.3 Å². The molecule has 2 aromatic rings. The second kappa shape index (κ2) is 4.98. The molecule has 0 unspecified atom stereocenters. The lowest BCUT2D eigenvalue weighted by Crippen LogP contribution is -2.37. The second-order valence-electron chi connectivity index (χ2n) is 5.37. The van der Waals surface area contributed by atoms with E-state index in [0.29, 0.717) is 0 Å². The molecule has 18 heavy (non-hydrogen) atoms. The van der Waals surface area contributed by atoms with Gasteiger partial charge in [0.15, 0.2) is 11.5 Å². The molecule has 2 rings (SSSR count). The Hall–Kier alpha value is -1.55. The fourth-order valence-electron chi connectivity index (χ4n) is 1.73. The van der Waals surface area contributed by atoms with Crippen molar-refractivity contribution in [3.8, 4) is 5.75 Å². The van der Waals surface area contributed by atoms with Crippen molar-refractivity contribution in [2.45, 2.75) is 32.7 Å². The highest BCUT2D eigenvalue weighted by molar-refractivity contribution is 5.74. The summed E-state index contributed by atoms with van der Waals surface area (Å²) < 4.78 is 10.9. The monoisotopic (exact) mass is 248 g/mol. The summed E-state index contributed by atoms with van der Waals surface area (Å²) >= 11 is 0. The minimum Gasteiger partial charge on any atom is -0.497 e. The average molecular weight is 248 g/mol. The Balaban J connectivity index is 2.06. The van der Waals surface area contributed by atoms with E-state index in [0.717, 1.165) is 35.7 Å². The largest absolute Gasteiger partial charge is 0.497 e. The molecule has 98 valence electrons. The van der Waals surface area contributed by atoms with Gasteiger partial charge in [-0.3, -0.25) is 0 Å². The highest BCUT2D eigenvalue weighted by Gasteiger charge is 2.10. The fraction of sp³-hybridized carbons (Fsp3) is 0.500. The summed E-state index contributed by atoms with van der Waals surface area (Å²) in [6.45, 7) is 7.28. The predicted octanol–water partition coefficient (Wildman–Crippen LogP) is 2.77. The van der Waals surface area contributed by atoms with Crippen molar-refractivity contribution in [3.05, 3.63) is 24.1 Å². The van der Waals surface area contributed by atoms with Crippen molar-refractivity contribution in [2.24, 2.45) is 0 Å². The standard InChI is InChI=1S/C14H20N2O2/c1-14(2,3)15-8-7-13-16-11-6-5-10(17-4)9-12(11)18-13/h5-6,9,15H,7-8H2,1-4H3. The van der Waals surface area contributed by atoms with Gasteiger partial charge in [0.2, 0.25) is 0 Å². The Bertz CT molecular complexity index is 526. The van der Waals surface area contributed by atoms with E-state index in [1.54, 1.807) is 7.11 Å². The van der Waals surface area contributed by atoms with Gasteiger partial charge in [-0.1, -0.05) is 0 Å². The van der Waals surface area contributed by atoms with E-state index in [-0.39, 0.29) is 5.54 Å². The third kappa shape index (κ3) is 3.23. The summed E-state index contributed by atoms with van der Waals surface area (Å²) in [7, 11) is 1.64. The molecular formula is C14H20N2O2. The minimum atomic E-state index is 0.120. The van der Waals surface area contributed by atoms with Crippen LogP contribution in [-0.2, 0) is 6.42 Å². The van der Waals surface area contributed by atoms with Crippen LogP contribution in [0.15, 0.2) is 22.6 Å². The Kier molecular flexibility index (Phi) is 3.57. The van der Waals surface area contributed by atoms with Crippen molar-refractivity contribution in [1.82, 2.24) is 10.3 Å². The number of aromatic nitrogens is 1. The molecule has 0 amide bonds. The number of methoxy groups -OCH3 is 1. The van der Waals surface area contributed by atoms with Crippen LogP contribution in [-0.4, -0.2) is 24.2 Å². The van der Waals surface area contributed by atoms with Crippen LogP contribution in [0.5, 0.6) is 5.75 Å². The molecule has 0 aliphatic heterocycles. The summed E-state index contributed by atoms with van der Waals surface area (Å²) in [6.07, 6.45) is 0.786. The van der Waals surface area contributed by atoms with Gasteiger partial charge in [0.05, 0.1) is 7.11 Å². The number of oxazole rings is 1. The average Bonchev–Trinajstić information content (AvgIpc) is 2.68. The van der Waals surface area contributed by atoms with Gasteiger partial charge in [-0.25, -0.2) is 4.98 Å². The zero-order valence-corrected chi connectivity index (χ0v) is 11.4. The van der Waals surface area contributed by atoms with E-state index < -0.39 is 0 Å². The van der Waals surface area contributed by atoms with Crippen LogP contribution in [0.3, 0.4) is 0 Å². The van der Waals surface area contributed by atoms with E-state index in [9.17, 15) is 0 Å². The number of benzene rings is 1. The zero-order valence-electron chi connectivity index (χ0n) is 11.4. The van der Waals surface area contributed by atoms with Crippen molar-refractivity contribution < 1.29 is 9.15 Å². The van der Waals surface area contributed by atoms with Gasteiger partial charge in [0.25, 0.3) is 0 Å². The first-order valence-electron chi connectivity index (χ1n) is 6.16. The highest BCUT2D eigenvalue weighted by Crippen LogP contribution is 2.21. The minimum absolute atomic E-state index is 0.120. The maximum atomic E-state index is 5.69.